The zero-order valence-corrected chi connectivity index (χ0v) is 11.1. The summed E-state index contributed by atoms with van der Waals surface area (Å²) in [4.78, 5) is 0. The highest BCUT2D eigenvalue weighted by molar-refractivity contribution is 4.58. The molecule has 0 fully saturated rings. The lowest BCUT2D eigenvalue weighted by Crippen LogP contribution is -2.31. The van der Waals surface area contributed by atoms with E-state index in [2.05, 4.69) is 5.32 Å². The van der Waals surface area contributed by atoms with Crippen LogP contribution in [0.15, 0.2) is 0 Å². The van der Waals surface area contributed by atoms with Crippen molar-refractivity contribution in [3.63, 3.8) is 0 Å². The molecule has 0 aromatic heterocycles. The van der Waals surface area contributed by atoms with E-state index in [0.29, 0.717) is 33.0 Å². The molecule has 0 amide bonds. The van der Waals surface area contributed by atoms with E-state index in [1.165, 1.54) is 0 Å². The standard InChI is InChI=1S/C12H27NO4/c1-3-16-11-12(14)10-13-6-4-5-7-17-9-8-15-2/h12-14H,3-11H2,1-2H3. The number of unbranched alkanes of at least 4 members (excludes halogenated alkanes) is 1. The highest BCUT2D eigenvalue weighted by Gasteiger charge is 2.01. The largest absolute Gasteiger partial charge is 0.389 e. The number of ether oxygens (including phenoxy) is 3. The van der Waals surface area contributed by atoms with E-state index in [1.807, 2.05) is 6.92 Å². The Kier molecular flexibility index (Phi) is 13.7. The van der Waals surface area contributed by atoms with Gasteiger partial charge < -0.3 is 24.6 Å². The highest BCUT2D eigenvalue weighted by Crippen LogP contribution is 1.90. The Bertz CT molecular complexity index is 146. The minimum absolute atomic E-state index is 0.406. The zero-order chi connectivity index (χ0) is 12.8. The molecule has 0 saturated heterocycles. The second-order valence-corrected chi connectivity index (χ2v) is 3.83. The fourth-order valence-electron chi connectivity index (χ4n) is 1.28. The molecular formula is C12H27NO4. The first-order valence-corrected chi connectivity index (χ1v) is 6.34. The highest BCUT2D eigenvalue weighted by atomic mass is 16.5. The SMILES string of the molecule is CCOCC(O)CNCCCCOCCOC. The van der Waals surface area contributed by atoms with Gasteiger partial charge in [0.25, 0.3) is 0 Å². The van der Waals surface area contributed by atoms with Gasteiger partial charge in [0.1, 0.15) is 0 Å². The molecule has 0 aliphatic carbocycles. The summed E-state index contributed by atoms with van der Waals surface area (Å²) in [7, 11) is 1.67. The van der Waals surface area contributed by atoms with E-state index < -0.39 is 6.10 Å². The molecule has 0 aromatic carbocycles. The van der Waals surface area contributed by atoms with Crippen LogP contribution < -0.4 is 5.32 Å². The van der Waals surface area contributed by atoms with E-state index in [1.54, 1.807) is 7.11 Å². The first kappa shape index (κ1) is 16.8. The summed E-state index contributed by atoms with van der Waals surface area (Å²) in [6.07, 6.45) is 1.67. The molecule has 104 valence electrons. The fourth-order valence-corrected chi connectivity index (χ4v) is 1.28. The topological polar surface area (TPSA) is 60.0 Å². The number of hydrogen-bond acceptors (Lipinski definition) is 5. The Morgan fingerprint density at radius 2 is 1.94 bits per heavy atom. The van der Waals surface area contributed by atoms with Crippen molar-refractivity contribution in [2.75, 3.05) is 53.2 Å². The van der Waals surface area contributed by atoms with Crippen molar-refractivity contribution in [1.29, 1.82) is 0 Å². The maximum Gasteiger partial charge on any atom is 0.0897 e. The van der Waals surface area contributed by atoms with Crippen LogP contribution in [-0.2, 0) is 14.2 Å². The Morgan fingerprint density at radius 1 is 1.12 bits per heavy atom. The molecule has 0 saturated carbocycles. The summed E-state index contributed by atoms with van der Waals surface area (Å²) >= 11 is 0. The van der Waals surface area contributed by atoms with Gasteiger partial charge in [-0.2, -0.15) is 0 Å². The molecule has 0 aromatic rings. The quantitative estimate of drug-likeness (QED) is 0.463. The van der Waals surface area contributed by atoms with Crippen LogP contribution in [0, 0.1) is 0 Å². The molecule has 5 nitrogen and oxygen atoms in total. The van der Waals surface area contributed by atoms with Crippen LogP contribution in [0.5, 0.6) is 0 Å². The van der Waals surface area contributed by atoms with Crippen LogP contribution in [0.2, 0.25) is 0 Å². The van der Waals surface area contributed by atoms with Crippen molar-refractivity contribution in [3.8, 4) is 0 Å². The molecule has 2 N–H and O–H groups in total. The summed E-state index contributed by atoms with van der Waals surface area (Å²) in [5, 5.41) is 12.6. The van der Waals surface area contributed by atoms with Gasteiger partial charge in [-0.15, -0.1) is 0 Å². The van der Waals surface area contributed by atoms with Gasteiger partial charge >= 0.3 is 0 Å². The minimum atomic E-state index is -0.409. The van der Waals surface area contributed by atoms with E-state index >= 15 is 0 Å². The van der Waals surface area contributed by atoms with Gasteiger partial charge in [-0.3, -0.25) is 0 Å². The first-order valence-electron chi connectivity index (χ1n) is 6.34. The number of aliphatic hydroxyl groups is 1. The predicted molar refractivity (Wildman–Crippen MR) is 67.3 cm³/mol. The predicted octanol–water partition coefficient (Wildman–Crippen LogP) is 0.417. The number of nitrogens with one attached hydrogen (secondary N) is 1. The summed E-state index contributed by atoms with van der Waals surface area (Å²) in [5.41, 5.74) is 0. The van der Waals surface area contributed by atoms with Crippen LogP contribution in [0.4, 0.5) is 0 Å². The Hall–Kier alpha value is -0.200. The van der Waals surface area contributed by atoms with Crippen LogP contribution >= 0.6 is 0 Å². The number of methoxy groups -OCH3 is 1. The van der Waals surface area contributed by atoms with Gasteiger partial charge in [0.05, 0.1) is 25.9 Å². The maximum absolute atomic E-state index is 9.45. The second-order valence-electron chi connectivity index (χ2n) is 3.83. The van der Waals surface area contributed by atoms with Gasteiger partial charge in [0.2, 0.25) is 0 Å². The lowest BCUT2D eigenvalue weighted by atomic mass is 10.3. The maximum atomic E-state index is 9.45. The number of hydrogen-bond donors (Lipinski definition) is 2. The van der Waals surface area contributed by atoms with Gasteiger partial charge in [-0.1, -0.05) is 0 Å². The lowest BCUT2D eigenvalue weighted by Gasteiger charge is -2.11. The summed E-state index contributed by atoms with van der Waals surface area (Å²) < 4.78 is 15.3. The molecular weight excluding hydrogens is 222 g/mol. The van der Waals surface area contributed by atoms with Crippen LogP contribution in [0.25, 0.3) is 0 Å². The third-order valence-electron chi connectivity index (χ3n) is 2.22. The molecule has 0 spiro atoms. The third-order valence-corrected chi connectivity index (χ3v) is 2.22. The van der Waals surface area contributed by atoms with Gasteiger partial charge in [0.15, 0.2) is 0 Å². The summed E-state index contributed by atoms with van der Waals surface area (Å²) in [6.45, 7) is 6.55. The molecule has 0 aliphatic heterocycles. The number of aliphatic hydroxyl groups excluding tert-OH is 1. The average molecular weight is 249 g/mol. The van der Waals surface area contributed by atoms with E-state index in [4.69, 9.17) is 14.2 Å². The summed E-state index contributed by atoms with van der Waals surface area (Å²) in [6, 6.07) is 0. The van der Waals surface area contributed by atoms with Gasteiger partial charge in [-0.05, 0) is 26.3 Å². The van der Waals surface area contributed by atoms with Crippen molar-refractivity contribution in [1.82, 2.24) is 5.32 Å². The first-order chi connectivity index (χ1) is 8.31. The minimum Gasteiger partial charge on any atom is -0.389 e. The molecule has 1 unspecified atom stereocenters. The van der Waals surface area contributed by atoms with Crippen LogP contribution in [0.3, 0.4) is 0 Å². The Balaban J connectivity index is 3.02. The molecule has 5 heteroatoms. The molecule has 1 atom stereocenters. The average Bonchev–Trinajstić information content (AvgIpc) is 2.34. The fraction of sp³-hybridized carbons (Fsp3) is 1.00. The van der Waals surface area contributed by atoms with Crippen molar-refractivity contribution in [3.05, 3.63) is 0 Å². The summed E-state index contributed by atoms with van der Waals surface area (Å²) in [5.74, 6) is 0. The van der Waals surface area contributed by atoms with E-state index in [9.17, 15) is 5.11 Å². The van der Waals surface area contributed by atoms with Gasteiger partial charge in [0, 0.05) is 26.9 Å². The van der Waals surface area contributed by atoms with Crippen molar-refractivity contribution < 1.29 is 19.3 Å². The van der Waals surface area contributed by atoms with E-state index in [0.717, 1.165) is 26.0 Å². The smallest absolute Gasteiger partial charge is 0.0897 e. The lowest BCUT2D eigenvalue weighted by molar-refractivity contribution is 0.0426. The normalized spacial score (nSPS) is 12.9. The molecule has 0 heterocycles. The second kappa shape index (κ2) is 13.9. The molecule has 17 heavy (non-hydrogen) atoms. The van der Waals surface area contributed by atoms with Crippen LogP contribution in [0.1, 0.15) is 19.8 Å². The number of rotatable bonds is 13. The van der Waals surface area contributed by atoms with E-state index in [-0.39, 0.29) is 0 Å². The van der Waals surface area contributed by atoms with Gasteiger partial charge in [-0.25, -0.2) is 0 Å². The molecule has 0 rings (SSSR count). The van der Waals surface area contributed by atoms with Crippen molar-refractivity contribution in [2.24, 2.45) is 0 Å². The molecule has 0 bridgehead atoms. The zero-order valence-electron chi connectivity index (χ0n) is 11.1. The van der Waals surface area contributed by atoms with Crippen molar-refractivity contribution in [2.45, 2.75) is 25.9 Å². The monoisotopic (exact) mass is 249 g/mol. The molecule has 0 radical (unpaired) electrons. The Morgan fingerprint density at radius 3 is 2.65 bits per heavy atom. The van der Waals surface area contributed by atoms with Crippen molar-refractivity contribution >= 4 is 0 Å². The Labute approximate surface area is 104 Å². The molecule has 0 aliphatic rings. The van der Waals surface area contributed by atoms with Crippen LogP contribution in [-0.4, -0.2) is 64.4 Å². The third kappa shape index (κ3) is 13.7.